The maximum absolute atomic E-state index is 8.99. The molecule has 0 unspecified atom stereocenters. The highest BCUT2D eigenvalue weighted by molar-refractivity contribution is 5.40. The number of ether oxygens (including phenoxy) is 1. The zero-order valence-electron chi connectivity index (χ0n) is 9.59. The van der Waals surface area contributed by atoms with Crippen LogP contribution in [0, 0.1) is 0 Å². The number of anilines is 1. The second-order valence-corrected chi connectivity index (χ2v) is 3.43. The van der Waals surface area contributed by atoms with Crippen molar-refractivity contribution in [1.82, 2.24) is 4.98 Å². The van der Waals surface area contributed by atoms with Gasteiger partial charge in [-0.15, -0.1) is 0 Å². The third-order valence-electron chi connectivity index (χ3n) is 2.30. The van der Waals surface area contributed by atoms with E-state index >= 15 is 0 Å². The molecular weight excluding hydrogens is 206 g/mol. The van der Waals surface area contributed by atoms with Gasteiger partial charge in [0.25, 0.3) is 0 Å². The molecule has 1 rings (SSSR count). The second-order valence-electron chi connectivity index (χ2n) is 3.43. The van der Waals surface area contributed by atoms with Gasteiger partial charge in [-0.05, 0) is 17.7 Å². The minimum absolute atomic E-state index is 0.0955. The van der Waals surface area contributed by atoms with Crippen LogP contribution >= 0.6 is 0 Å². The molecule has 5 nitrogen and oxygen atoms in total. The molecule has 0 saturated heterocycles. The first kappa shape index (κ1) is 12.9. The molecule has 1 aromatic heterocycles. The third-order valence-corrected chi connectivity index (χ3v) is 2.30. The van der Waals surface area contributed by atoms with Gasteiger partial charge in [0.15, 0.2) is 0 Å². The normalized spacial score (nSPS) is 10.4. The summed E-state index contributed by atoms with van der Waals surface area (Å²) >= 11 is 0. The van der Waals surface area contributed by atoms with Crippen LogP contribution in [0.4, 0.5) is 5.82 Å². The van der Waals surface area contributed by atoms with Gasteiger partial charge < -0.3 is 20.5 Å². The summed E-state index contributed by atoms with van der Waals surface area (Å²) in [6.07, 6.45) is 1.73. The fourth-order valence-corrected chi connectivity index (χ4v) is 1.42. The van der Waals surface area contributed by atoms with Crippen molar-refractivity contribution >= 4 is 5.82 Å². The molecule has 0 aliphatic carbocycles. The van der Waals surface area contributed by atoms with E-state index in [-0.39, 0.29) is 6.61 Å². The predicted octanol–water partition coefficient (Wildman–Crippen LogP) is -0.0146. The minimum Gasteiger partial charge on any atom is -0.395 e. The van der Waals surface area contributed by atoms with E-state index < -0.39 is 0 Å². The summed E-state index contributed by atoms with van der Waals surface area (Å²) in [5.41, 5.74) is 6.61. The number of rotatable bonds is 7. The lowest BCUT2D eigenvalue weighted by molar-refractivity contribution is 0.202. The van der Waals surface area contributed by atoms with Crippen LogP contribution in [0.25, 0.3) is 0 Å². The summed E-state index contributed by atoms with van der Waals surface area (Å²) < 4.78 is 5.02. The third kappa shape index (κ3) is 3.77. The average Bonchev–Trinajstić information content (AvgIpc) is 2.34. The van der Waals surface area contributed by atoms with Crippen LogP contribution in [-0.2, 0) is 11.3 Å². The Hall–Kier alpha value is -1.17. The van der Waals surface area contributed by atoms with Crippen LogP contribution in [0.5, 0.6) is 0 Å². The van der Waals surface area contributed by atoms with Crippen LogP contribution < -0.4 is 10.6 Å². The van der Waals surface area contributed by atoms with Crippen LogP contribution in [-0.4, -0.2) is 43.5 Å². The SMILES string of the molecule is COCCN(CCO)c1cc(CN)ccn1. The second kappa shape index (κ2) is 7.16. The highest BCUT2D eigenvalue weighted by Crippen LogP contribution is 2.11. The van der Waals surface area contributed by atoms with Gasteiger partial charge in [-0.25, -0.2) is 4.98 Å². The Morgan fingerprint density at radius 2 is 2.31 bits per heavy atom. The number of hydrogen-bond acceptors (Lipinski definition) is 5. The number of nitrogens with two attached hydrogens (primary N) is 1. The summed E-state index contributed by atoms with van der Waals surface area (Å²) in [5, 5.41) is 8.99. The zero-order chi connectivity index (χ0) is 11.8. The first-order valence-corrected chi connectivity index (χ1v) is 5.31. The molecule has 0 fully saturated rings. The van der Waals surface area contributed by atoms with Crippen LogP contribution in [0.15, 0.2) is 18.3 Å². The smallest absolute Gasteiger partial charge is 0.128 e. The lowest BCUT2D eigenvalue weighted by atomic mass is 10.2. The summed E-state index contributed by atoms with van der Waals surface area (Å²) in [5.74, 6) is 0.828. The standard InChI is InChI=1S/C11H19N3O2/c1-16-7-5-14(4-6-15)11-8-10(9-12)2-3-13-11/h2-3,8,15H,4-7,9,12H2,1H3. The number of pyridine rings is 1. The maximum Gasteiger partial charge on any atom is 0.128 e. The molecule has 0 aromatic carbocycles. The summed E-state index contributed by atoms with van der Waals surface area (Å²) in [6, 6.07) is 3.82. The highest BCUT2D eigenvalue weighted by atomic mass is 16.5. The Balaban J connectivity index is 2.73. The maximum atomic E-state index is 8.99. The highest BCUT2D eigenvalue weighted by Gasteiger charge is 2.07. The first-order chi connectivity index (χ1) is 7.81. The van der Waals surface area contributed by atoms with E-state index in [4.69, 9.17) is 15.6 Å². The van der Waals surface area contributed by atoms with Gasteiger partial charge in [0.1, 0.15) is 5.82 Å². The van der Waals surface area contributed by atoms with E-state index in [0.717, 1.165) is 11.4 Å². The van der Waals surface area contributed by atoms with Crippen molar-refractivity contribution in [2.24, 2.45) is 5.73 Å². The number of hydrogen-bond donors (Lipinski definition) is 2. The van der Waals surface area contributed by atoms with Gasteiger partial charge >= 0.3 is 0 Å². The van der Waals surface area contributed by atoms with E-state index in [9.17, 15) is 0 Å². The van der Waals surface area contributed by atoms with Crippen molar-refractivity contribution in [3.05, 3.63) is 23.9 Å². The van der Waals surface area contributed by atoms with Gasteiger partial charge in [0, 0.05) is 32.9 Å². The molecule has 0 saturated carbocycles. The topological polar surface area (TPSA) is 71.6 Å². The Morgan fingerprint density at radius 3 is 2.94 bits per heavy atom. The number of aliphatic hydroxyl groups excluding tert-OH is 1. The first-order valence-electron chi connectivity index (χ1n) is 5.31. The average molecular weight is 225 g/mol. The van der Waals surface area contributed by atoms with Crippen LogP contribution in [0.3, 0.4) is 0 Å². The van der Waals surface area contributed by atoms with E-state index in [0.29, 0.717) is 26.2 Å². The molecule has 90 valence electrons. The zero-order valence-corrected chi connectivity index (χ0v) is 9.59. The largest absolute Gasteiger partial charge is 0.395 e. The van der Waals surface area contributed by atoms with Gasteiger partial charge in [-0.2, -0.15) is 0 Å². The summed E-state index contributed by atoms with van der Waals surface area (Å²) in [6.45, 7) is 2.45. The van der Waals surface area contributed by atoms with Crippen molar-refractivity contribution < 1.29 is 9.84 Å². The monoisotopic (exact) mass is 225 g/mol. The Bertz CT molecular complexity index is 307. The van der Waals surface area contributed by atoms with Crippen molar-refractivity contribution in [1.29, 1.82) is 0 Å². The van der Waals surface area contributed by atoms with E-state index in [2.05, 4.69) is 4.98 Å². The molecule has 0 atom stereocenters. The van der Waals surface area contributed by atoms with E-state index in [1.54, 1.807) is 13.3 Å². The molecule has 0 bridgehead atoms. The molecular formula is C11H19N3O2. The van der Waals surface area contributed by atoms with Crippen molar-refractivity contribution in [2.75, 3.05) is 38.3 Å². The summed E-state index contributed by atoms with van der Waals surface area (Å²) in [7, 11) is 1.65. The molecule has 0 spiro atoms. The number of aliphatic hydroxyl groups is 1. The molecule has 16 heavy (non-hydrogen) atoms. The molecule has 0 radical (unpaired) electrons. The lowest BCUT2D eigenvalue weighted by Gasteiger charge is -2.22. The minimum atomic E-state index is 0.0955. The summed E-state index contributed by atoms with van der Waals surface area (Å²) in [4.78, 5) is 6.24. The predicted molar refractivity (Wildman–Crippen MR) is 63.3 cm³/mol. The van der Waals surface area contributed by atoms with Crippen molar-refractivity contribution in [3.8, 4) is 0 Å². The molecule has 0 aliphatic heterocycles. The molecule has 0 aliphatic rings. The number of methoxy groups -OCH3 is 1. The van der Waals surface area contributed by atoms with E-state index in [1.807, 2.05) is 17.0 Å². The van der Waals surface area contributed by atoms with Gasteiger partial charge in [-0.3, -0.25) is 0 Å². The Kier molecular flexibility index (Phi) is 5.77. The lowest BCUT2D eigenvalue weighted by Crippen LogP contribution is -2.31. The quantitative estimate of drug-likeness (QED) is 0.682. The molecule has 0 amide bonds. The van der Waals surface area contributed by atoms with Gasteiger partial charge in [0.2, 0.25) is 0 Å². The van der Waals surface area contributed by atoms with Gasteiger partial charge in [-0.1, -0.05) is 0 Å². The molecule has 1 heterocycles. The molecule has 1 aromatic rings. The fourth-order valence-electron chi connectivity index (χ4n) is 1.42. The van der Waals surface area contributed by atoms with Crippen LogP contribution in [0.1, 0.15) is 5.56 Å². The number of nitrogens with zero attached hydrogens (tertiary/aromatic N) is 2. The van der Waals surface area contributed by atoms with E-state index in [1.165, 1.54) is 0 Å². The number of aromatic nitrogens is 1. The Morgan fingerprint density at radius 1 is 1.50 bits per heavy atom. The Labute approximate surface area is 95.8 Å². The van der Waals surface area contributed by atoms with Crippen molar-refractivity contribution in [3.63, 3.8) is 0 Å². The van der Waals surface area contributed by atoms with Gasteiger partial charge in [0.05, 0.1) is 13.2 Å². The van der Waals surface area contributed by atoms with Crippen molar-refractivity contribution in [2.45, 2.75) is 6.54 Å². The molecule has 5 heteroatoms. The fraction of sp³-hybridized carbons (Fsp3) is 0.545. The van der Waals surface area contributed by atoms with Crippen LogP contribution in [0.2, 0.25) is 0 Å². The molecule has 3 N–H and O–H groups in total.